The predicted octanol–water partition coefficient (Wildman–Crippen LogP) is -1.96. The van der Waals surface area contributed by atoms with Crippen molar-refractivity contribution in [3.8, 4) is 0 Å². The number of rotatable bonds is 2. The first-order valence-corrected chi connectivity index (χ1v) is 3.15. The molecule has 5 heteroatoms. The molecule has 0 aliphatic heterocycles. The molecule has 70 valence electrons. The molecule has 5 N–H and O–H groups in total. The van der Waals surface area contributed by atoms with Crippen LogP contribution in [-0.4, -0.2) is 50.6 Å². The Balaban J connectivity index is 0. The molecule has 0 unspecified atom stereocenters. The highest BCUT2D eigenvalue weighted by atomic mass is 16.5. The molecule has 0 saturated carbocycles. The summed E-state index contributed by atoms with van der Waals surface area (Å²) in [6.07, 6.45) is -0.954. The Labute approximate surface area is 65.5 Å². The third kappa shape index (κ3) is 41.3. The molecule has 0 amide bonds. The van der Waals surface area contributed by atoms with Crippen molar-refractivity contribution >= 4 is 0 Å². The van der Waals surface area contributed by atoms with Crippen molar-refractivity contribution in [3.63, 3.8) is 0 Å². The van der Waals surface area contributed by atoms with Crippen LogP contribution in [0.5, 0.6) is 0 Å². The number of aliphatic hydroxyl groups excluding tert-OH is 3. The minimum absolute atomic E-state index is 0.365. The molecular formula is C6H16O5. The minimum atomic E-state index is -1.50. The zero-order valence-electron chi connectivity index (χ0n) is 6.73. The molecular weight excluding hydrogens is 152 g/mol. The van der Waals surface area contributed by atoms with Crippen LogP contribution in [0.1, 0.15) is 13.8 Å². The Kier molecular flexibility index (Phi) is 7.92. The minimum Gasteiger partial charge on any atom is -0.394 e. The van der Waals surface area contributed by atoms with Gasteiger partial charge in [0, 0.05) is 0 Å². The Hall–Kier alpha value is -0.200. The van der Waals surface area contributed by atoms with Crippen LogP contribution in [0.2, 0.25) is 0 Å². The molecule has 0 atom stereocenters. The molecule has 0 rings (SSSR count). The fourth-order valence-corrected chi connectivity index (χ4v) is 0.0577. The molecule has 11 heavy (non-hydrogen) atoms. The maximum Gasteiger partial charge on any atom is 0.156 e. The first kappa shape index (κ1) is 13.4. The van der Waals surface area contributed by atoms with E-state index in [9.17, 15) is 0 Å². The van der Waals surface area contributed by atoms with Crippen LogP contribution in [0.15, 0.2) is 0 Å². The van der Waals surface area contributed by atoms with Crippen molar-refractivity contribution in [2.24, 2.45) is 0 Å². The van der Waals surface area contributed by atoms with Gasteiger partial charge in [-0.3, -0.25) is 0 Å². The molecule has 0 bridgehead atoms. The first-order valence-electron chi connectivity index (χ1n) is 3.15. The molecule has 0 fully saturated rings. The molecule has 0 aromatic rings. The van der Waals surface area contributed by atoms with Gasteiger partial charge in [0.25, 0.3) is 0 Å². The van der Waals surface area contributed by atoms with E-state index in [0.29, 0.717) is 0 Å². The number of aliphatic hydroxyl groups is 5. The first-order chi connectivity index (χ1) is 4.81. The van der Waals surface area contributed by atoms with E-state index in [-0.39, 0.29) is 13.2 Å². The lowest BCUT2D eigenvalue weighted by Gasteiger charge is -2.03. The van der Waals surface area contributed by atoms with E-state index in [1.54, 1.807) is 0 Å². The quantitative estimate of drug-likeness (QED) is 0.308. The summed E-state index contributed by atoms with van der Waals surface area (Å²) >= 11 is 0. The summed E-state index contributed by atoms with van der Waals surface area (Å²) in [6, 6.07) is 0. The van der Waals surface area contributed by atoms with E-state index in [4.69, 9.17) is 25.5 Å². The van der Waals surface area contributed by atoms with Crippen LogP contribution in [-0.2, 0) is 0 Å². The summed E-state index contributed by atoms with van der Waals surface area (Å²) in [5.74, 6) is -1.50. The summed E-state index contributed by atoms with van der Waals surface area (Å²) in [5.41, 5.74) is 0. The Morgan fingerprint density at radius 2 is 1.27 bits per heavy atom. The molecule has 0 heterocycles. The highest BCUT2D eigenvalue weighted by Gasteiger charge is 2.00. The SMILES string of the molecule is CC(C)(O)O.OCC(O)CO. The topological polar surface area (TPSA) is 101 Å². The molecule has 0 spiro atoms. The highest BCUT2D eigenvalue weighted by Crippen LogP contribution is 1.88. The Morgan fingerprint density at radius 3 is 1.27 bits per heavy atom. The summed E-state index contributed by atoms with van der Waals surface area (Å²) in [4.78, 5) is 0. The van der Waals surface area contributed by atoms with E-state index >= 15 is 0 Å². The van der Waals surface area contributed by atoms with Gasteiger partial charge in [-0.25, -0.2) is 0 Å². The number of hydrogen-bond acceptors (Lipinski definition) is 5. The van der Waals surface area contributed by atoms with Crippen molar-refractivity contribution < 1.29 is 25.5 Å². The van der Waals surface area contributed by atoms with E-state index in [1.807, 2.05) is 0 Å². The third-order valence-electron chi connectivity index (χ3n) is 0.421. The van der Waals surface area contributed by atoms with Crippen molar-refractivity contribution in [3.05, 3.63) is 0 Å². The normalized spacial score (nSPS) is 10.9. The second kappa shape index (κ2) is 6.51. The van der Waals surface area contributed by atoms with Gasteiger partial charge in [-0.15, -0.1) is 0 Å². The van der Waals surface area contributed by atoms with Gasteiger partial charge in [0.05, 0.1) is 13.2 Å². The molecule has 0 saturated heterocycles. The smallest absolute Gasteiger partial charge is 0.156 e. The third-order valence-corrected chi connectivity index (χ3v) is 0.421. The zero-order chi connectivity index (χ0) is 9.49. The van der Waals surface area contributed by atoms with Gasteiger partial charge < -0.3 is 25.5 Å². The van der Waals surface area contributed by atoms with Crippen LogP contribution < -0.4 is 0 Å². The van der Waals surface area contributed by atoms with Crippen molar-refractivity contribution in [2.75, 3.05) is 13.2 Å². The molecule has 0 aliphatic carbocycles. The van der Waals surface area contributed by atoms with Gasteiger partial charge >= 0.3 is 0 Å². The lowest BCUT2D eigenvalue weighted by Crippen LogP contribution is -2.15. The average molecular weight is 168 g/mol. The van der Waals surface area contributed by atoms with E-state index in [0.717, 1.165) is 0 Å². The lowest BCUT2D eigenvalue weighted by molar-refractivity contribution is -0.127. The second-order valence-corrected chi connectivity index (χ2v) is 2.51. The lowest BCUT2D eigenvalue weighted by atomic mass is 10.4. The largest absolute Gasteiger partial charge is 0.394 e. The average Bonchev–Trinajstić information content (AvgIpc) is 1.83. The van der Waals surface area contributed by atoms with Gasteiger partial charge in [0.2, 0.25) is 0 Å². The van der Waals surface area contributed by atoms with Crippen LogP contribution >= 0.6 is 0 Å². The van der Waals surface area contributed by atoms with Gasteiger partial charge in [-0.05, 0) is 13.8 Å². The Morgan fingerprint density at radius 1 is 1.09 bits per heavy atom. The molecule has 0 aromatic heterocycles. The van der Waals surface area contributed by atoms with Gasteiger partial charge in [0.15, 0.2) is 5.79 Å². The van der Waals surface area contributed by atoms with E-state index < -0.39 is 11.9 Å². The van der Waals surface area contributed by atoms with E-state index in [1.165, 1.54) is 13.8 Å². The number of hydrogen-bond donors (Lipinski definition) is 5. The van der Waals surface area contributed by atoms with Crippen molar-refractivity contribution in [1.29, 1.82) is 0 Å². The molecule has 5 nitrogen and oxygen atoms in total. The summed E-state index contributed by atoms with van der Waals surface area (Å²) < 4.78 is 0. The Bertz CT molecular complexity index is 67.5. The monoisotopic (exact) mass is 168 g/mol. The summed E-state index contributed by atoms with van der Waals surface area (Å²) in [6.45, 7) is 1.87. The fourth-order valence-electron chi connectivity index (χ4n) is 0.0577. The van der Waals surface area contributed by atoms with Crippen LogP contribution in [0, 0.1) is 0 Å². The van der Waals surface area contributed by atoms with Gasteiger partial charge in [0.1, 0.15) is 6.10 Å². The second-order valence-electron chi connectivity index (χ2n) is 2.51. The predicted molar refractivity (Wildman–Crippen MR) is 38.7 cm³/mol. The van der Waals surface area contributed by atoms with Crippen LogP contribution in [0.25, 0.3) is 0 Å². The molecule has 0 aromatic carbocycles. The summed E-state index contributed by atoms with van der Waals surface area (Å²) in [5, 5.41) is 40.2. The van der Waals surface area contributed by atoms with Crippen LogP contribution in [0.3, 0.4) is 0 Å². The summed E-state index contributed by atoms with van der Waals surface area (Å²) in [7, 11) is 0. The molecule has 0 aliphatic rings. The van der Waals surface area contributed by atoms with E-state index in [2.05, 4.69) is 0 Å². The standard InChI is InChI=1S/C3H8O3.C3H8O2/c4-1-3(6)2-5;1-3(2,4)5/h3-6H,1-2H2;4-5H,1-2H3. The zero-order valence-corrected chi connectivity index (χ0v) is 6.73. The highest BCUT2D eigenvalue weighted by molar-refractivity contribution is 4.44. The van der Waals surface area contributed by atoms with Crippen molar-refractivity contribution in [1.82, 2.24) is 0 Å². The fraction of sp³-hybridized carbons (Fsp3) is 1.00. The maximum absolute atomic E-state index is 8.17. The van der Waals surface area contributed by atoms with Crippen LogP contribution in [0.4, 0.5) is 0 Å². The van der Waals surface area contributed by atoms with Gasteiger partial charge in [-0.2, -0.15) is 0 Å². The van der Waals surface area contributed by atoms with Gasteiger partial charge in [-0.1, -0.05) is 0 Å². The molecule has 0 radical (unpaired) electrons. The van der Waals surface area contributed by atoms with Crippen molar-refractivity contribution in [2.45, 2.75) is 25.7 Å². The maximum atomic E-state index is 8.17.